The van der Waals surface area contributed by atoms with Crippen molar-refractivity contribution in [2.45, 2.75) is 60.3 Å². The third-order valence-corrected chi connectivity index (χ3v) is 5.29. The van der Waals surface area contributed by atoms with E-state index in [2.05, 4.69) is 55.8 Å². The van der Waals surface area contributed by atoms with Gasteiger partial charge in [-0.2, -0.15) is 0 Å². The summed E-state index contributed by atoms with van der Waals surface area (Å²) >= 11 is 0. The minimum absolute atomic E-state index is 0.555. The average Bonchev–Trinajstić information content (AvgIpc) is 2.30. The van der Waals surface area contributed by atoms with Gasteiger partial charge in [0, 0.05) is 0 Å². The van der Waals surface area contributed by atoms with E-state index in [1.807, 2.05) is 0 Å². The summed E-state index contributed by atoms with van der Waals surface area (Å²) in [6, 6.07) is 0. The van der Waals surface area contributed by atoms with Crippen LogP contribution in [0.15, 0.2) is 0 Å². The first-order valence-electron chi connectivity index (χ1n) is 7.71. The fraction of sp³-hybridized carbons (Fsp3) is 1.00. The maximum atomic E-state index is 2.80. The van der Waals surface area contributed by atoms with Gasteiger partial charge in [-0.15, -0.1) is 9.24 Å². The van der Waals surface area contributed by atoms with Crippen LogP contribution in [0.25, 0.3) is 0 Å². The lowest BCUT2D eigenvalue weighted by atomic mass is 9.87. The van der Waals surface area contributed by atoms with Crippen LogP contribution < -0.4 is 0 Å². The Labute approximate surface area is 118 Å². The first-order valence-corrected chi connectivity index (χ1v) is 8.52. The quantitative estimate of drug-likeness (QED) is 0.673. The van der Waals surface area contributed by atoms with E-state index in [1.54, 1.807) is 0 Å². The Hall–Kier alpha value is 0.390. The maximum Gasteiger partial charge on any atom is -0.00190 e. The zero-order valence-electron chi connectivity index (χ0n) is 13.6. The van der Waals surface area contributed by atoms with Crippen LogP contribution in [0.4, 0.5) is 0 Å². The van der Waals surface area contributed by atoms with Crippen molar-refractivity contribution < 1.29 is 0 Å². The summed E-state index contributed by atoms with van der Waals surface area (Å²) < 4.78 is 0. The number of nitrogens with zero attached hydrogens (tertiary/aromatic N) is 1. The monoisotopic (exact) mass is 273 g/mol. The first-order chi connectivity index (χ1) is 8.32. The predicted molar refractivity (Wildman–Crippen MR) is 88.3 cm³/mol. The van der Waals surface area contributed by atoms with Gasteiger partial charge < -0.3 is 4.90 Å². The van der Waals surface area contributed by atoms with Crippen LogP contribution in [0.2, 0.25) is 0 Å². The van der Waals surface area contributed by atoms with Gasteiger partial charge in [-0.25, -0.2) is 0 Å². The highest BCUT2D eigenvalue weighted by Crippen LogP contribution is 2.24. The Balaban J connectivity index is 0.000000331. The molecule has 0 bridgehead atoms. The van der Waals surface area contributed by atoms with Gasteiger partial charge >= 0.3 is 0 Å². The summed E-state index contributed by atoms with van der Waals surface area (Å²) in [6.07, 6.45) is 6.70. The largest absolute Gasteiger partial charge is 0.306 e. The summed E-state index contributed by atoms with van der Waals surface area (Å²) in [5.41, 5.74) is 0.555. The molecule has 0 amide bonds. The molecule has 0 aromatic rings. The molecule has 0 aromatic heterocycles. The van der Waals surface area contributed by atoms with Gasteiger partial charge in [0.25, 0.3) is 0 Å². The topological polar surface area (TPSA) is 3.24 Å². The van der Waals surface area contributed by atoms with Crippen LogP contribution in [-0.2, 0) is 0 Å². The average molecular weight is 273 g/mol. The number of hydrogen-bond donors (Lipinski definition) is 0. The van der Waals surface area contributed by atoms with E-state index in [0.29, 0.717) is 5.41 Å². The molecule has 1 unspecified atom stereocenters. The van der Waals surface area contributed by atoms with E-state index in [-0.39, 0.29) is 0 Å². The van der Waals surface area contributed by atoms with Crippen molar-refractivity contribution in [2.75, 3.05) is 26.3 Å². The van der Waals surface area contributed by atoms with Gasteiger partial charge in [0.1, 0.15) is 0 Å². The van der Waals surface area contributed by atoms with Crippen LogP contribution in [0.3, 0.4) is 0 Å². The fourth-order valence-electron chi connectivity index (χ4n) is 2.47. The Morgan fingerprint density at radius 2 is 1.72 bits per heavy atom. The second-order valence-electron chi connectivity index (χ2n) is 7.00. The summed E-state index contributed by atoms with van der Waals surface area (Å²) in [4.78, 5) is 2.43. The van der Waals surface area contributed by atoms with Crippen LogP contribution >= 0.6 is 9.24 Å². The summed E-state index contributed by atoms with van der Waals surface area (Å²) in [5, 5.41) is 0. The Bertz CT molecular complexity index is 193. The molecule has 0 saturated carbocycles. The van der Waals surface area contributed by atoms with Crippen molar-refractivity contribution in [3.63, 3.8) is 0 Å². The van der Waals surface area contributed by atoms with Crippen molar-refractivity contribution in [3.8, 4) is 0 Å². The van der Waals surface area contributed by atoms with Gasteiger partial charge in [-0.05, 0) is 62.8 Å². The second-order valence-corrected chi connectivity index (χ2v) is 7.41. The molecule has 18 heavy (non-hydrogen) atoms. The second kappa shape index (κ2) is 9.32. The smallest absolute Gasteiger partial charge is 0.00190 e. The highest BCUT2D eigenvalue weighted by atomic mass is 31.0. The van der Waals surface area contributed by atoms with Crippen LogP contribution in [0.1, 0.15) is 60.3 Å². The molecule has 1 rings (SSSR count). The zero-order valence-corrected chi connectivity index (χ0v) is 14.8. The molecule has 0 radical (unpaired) electrons. The van der Waals surface area contributed by atoms with Crippen LogP contribution in [-0.4, -0.2) is 31.2 Å². The van der Waals surface area contributed by atoms with Gasteiger partial charge in [0.05, 0.1) is 0 Å². The van der Waals surface area contributed by atoms with Crippen LogP contribution in [0.5, 0.6) is 0 Å². The van der Waals surface area contributed by atoms with E-state index in [9.17, 15) is 0 Å². The van der Waals surface area contributed by atoms with Gasteiger partial charge in [0.15, 0.2) is 0 Å². The van der Waals surface area contributed by atoms with E-state index in [1.165, 1.54) is 44.9 Å². The highest BCUT2D eigenvalue weighted by Gasteiger charge is 2.18. The van der Waals surface area contributed by atoms with Gasteiger partial charge in [-0.1, -0.05) is 41.0 Å². The molecule has 110 valence electrons. The molecule has 1 fully saturated rings. The SMILES string of the molecule is CC(C)C1CCN(C)CC1.CCCC(C)(C)CP. The Morgan fingerprint density at radius 3 is 2.00 bits per heavy atom. The molecular formula is C16H36NP. The summed E-state index contributed by atoms with van der Waals surface area (Å²) in [7, 11) is 5.02. The normalized spacial score (nSPS) is 18.7. The van der Waals surface area contributed by atoms with Gasteiger partial charge in [0.2, 0.25) is 0 Å². The standard InChI is InChI=1S/C9H19N.C7H17P/c1-8(2)9-4-6-10(3)7-5-9;1-4-5-7(2,3)6-8/h8-9H,4-7H2,1-3H3;4-6,8H2,1-3H3. The van der Waals surface area contributed by atoms with E-state index in [0.717, 1.165) is 11.8 Å². The van der Waals surface area contributed by atoms with Crippen molar-refractivity contribution in [2.24, 2.45) is 17.3 Å². The minimum Gasteiger partial charge on any atom is -0.306 e. The molecule has 1 nitrogen and oxygen atoms in total. The molecule has 1 aliphatic heterocycles. The van der Waals surface area contributed by atoms with Crippen molar-refractivity contribution >= 4 is 9.24 Å². The molecule has 0 aromatic carbocycles. The van der Waals surface area contributed by atoms with Gasteiger partial charge in [-0.3, -0.25) is 0 Å². The molecule has 1 heterocycles. The van der Waals surface area contributed by atoms with Crippen molar-refractivity contribution in [1.82, 2.24) is 4.90 Å². The predicted octanol–water partition coefficient (Wildman–Crippen LogP) is 4.67. The lowest BCUT2D eigenvalue weighted by Crippen LogP contribution is -2.32. The molecule has 0 aliphatic carbocycles. The highest BCUT2D eigenvalue weighted by molar-refractivity contribution is 7.16. The van der Waals surface area contributed by atoms with E-state index in [4.69, 9.17) is 0 Å². The zero-order chi connectivity index (χ0) is 14.2. The molecule has 0 N–H and O–H groups in total. The van der Waals surface area contributed by atoms with Crippen molar-refractivity contribution in [3.05, 3.63) is 0 Å². The summed E-state index contributed by atoms with van der Waals surface area (Å²) in [6.45, 7) is 14.2. The molecule has 1 atom stereocenters. The van der Waals surface area contributed by atoms with Crippen molar-refractivity contribution in [1.29, 1.82) is 0 Å². The van der Waals surface area contributed by atoms with E-state index < -0.39 is 0 Å². The summed E-state index contributed by atoms with van der Waals surface area (Å²) in [5.74, 6) is 1.89. The molecule has 1 saturated heterocycles. The fourth-order valence-corrected chi connectivity index (χ4v) is 2.68. The molecule has 0 spiro atoms. The lowest BCUT2D eigenvalue weighted by molar-refractivity contribution is 0.185. The number of rotatable bonds is 4. The Kier molecular flexibility index (Phi) is 9.52. The Morgan fingerprint density at radius 1 is 1.22 bits per heavy atom. The van der Waals surface area contributed by atoms with Crippen LogP contribution in [0, 0.1) is 17.3 Å². The lowest BCUT2D eigenvalue weighted by Gasteiger charge is -2.31. The number of hydrogen-bond acceptors (Lipinski definition) is 1. The first kappa shape index (κ1) is 18.4. The molecule has 1 aliphatic rings. The number of likely N-dealkylation sites (tertiary alicyclic amines) is 1. The maximum absolute atomic E-state index is 2.80. The minimum atomic E-state index is 0.555. The molecular weight excluding hydrogens is 237 g/mol. The molecule has 2 heteroatoms. The third-order valence-electron chi connectivity index (χ3n) is 4.19. The van der Waals surface area contributed by atoms with E-state index >= 15 is 0 Å². The number of piperidine rings is 1. The third kappa shape index (κ3) is 8.48.